The largest absolute Gasteiger partial charge is 0.353 e. The SMILES string of the molecule is CC(C)[C@@H](C)NC(=O)C1(c2ccc(Cl)cc2)CC1. The van der Waals surface area contributed by atoms with Crippen LogP contribution in [-0.2, 0) is 10.2 Å². The van der Waals surface area contributed by atoms with Gasteiger partial charge in [-0.25, -0.2) is 0 Å². The monoisotopic (exact) mass is 265 g/mol. The van der Waals surface area contributed by atoms with Gasteiger partial charge in [-0.3, -0.25) is 4.79 Å². The van der Waals surface area contributed by atoms with Crippen molar-refractivity contribution in [1.82, 2.24) is 5.32 Å². The highest BCUT2D eigenvalue weighted by Gasteiger charge is 2.51. The van der Waals surface area contributed by atoms with Crippen LogP contribution in [0.3, 0.4) is 0 Å². The van der Waals surface area contributed by atoms with E-state index in [9.17, 15) is 4.79 Å². The molecule has 0 unspecified atom stereocenters. The summed E-state index contributed by atoms with van der Waals surface area (Å²) in [6.45, 7) is 6.29. The minimum atomic E-state index is -0.298. The molecule has 1 amide bonds. The molecule has 1 aromatic carbocycles. The Balaban J connectivity index is 2.12. The van der Waals surface area contributed by atoms with Crippen molar-refractivity contribution >= 4 is 17.5 Å². The van der Waals surface area contributed by atoms with E-state index >= 15 is 0 Å². The Morgan fingerprint density at radius 2 is 1.78 bits per heavy atom. The summed E-state index contributed by atoms with van der Waals surface area (Å²) in [4.78, 5) is 12.4. The van der Waals surface area contributed by atoms with E-state index in [1.165, 1.54) is 0 Å². The van der Waals surface area contributed by atoms with Gasteiger partial charge < -0.3 is 5.32 Å². The molecule has 0 saturated heterocycles. The molecule has 0 aliphatic heterocycles. The minimum Gasteiger partial charge on any atom is -0.353 e. The predicted molar refractivity (Wildman–Crippen MR) is 74.8 cm³/mol. The van der Waals surface area contributed by atoms with Gasteiger partial charge in [0, 0.05) is 11.1 Å². The number of carbonyl (C=O) groups excluding carboxylic acids is 1. The highest BCUT2D eigenvalue weighted by Crippen LogP contribution is 2.48. The molecule has 1 N–H and O–H groups in total. The van der Waals surface area contributed by atoms with E-state index in [4.69, 9.17) is 11.6 Å². The van der Waals surface area contributed by atoms with Crippen LogP contribution >= 0.6 is 11.6 Å². The number of halogens is 1. The first-order chi connectivity index (χ1) is 8.45. The van der Waals surface area contributed by atoms with E-state index in [0.717, 1.165) is 18.4 Å². The number of benzene rings is 1. The minimum absolute atomic E-state index is 0.158. The zero-order chi connectivity index (χ0) is 13.3. The number of amides is 1. The first kappa shape index (κ1) is 13.4. The molecule has 0 heterocycles. The first-order valence-corrected chi connectivity index (χ1v) is 6.90. The molecule has 1 atom stereocenters. The molecule has 0 bridgehead atoms. The summed E-state index contributed by atoms with van der Waals surface area (Å²) in [5.74, 6) is 0.612. The molecule has 0 spiro atoms. The van der Waals surface area contributed by atoms with Crippen LogP contribution in [0.2, 0.25) is 5.02 Å². The van der Waals surface area contributed by atoms with Gasteiger partial charge in [-0.2, -0.15) is 0 Å². The molecular formula is C15H20ClNO. The third-order valence-corrected chi connectivity index (χ3v) is 4.19. The van der Waals surface area contributed by atoms with E-state index < -0.39 is 0 Å². The van der Waals surface area contributed by atoms with Crippen LogP contribution in [0, 0.1) is 5.92 Å². The molecule has 1 fully saturated rings. The summed E-state index contributed by atoms with van der Waals surface area (Å²) >= 11 is 5.89. The summed E-state index contributed by atoms with van der Waals surface area (Å²) < 4.78 is 0. The van der Waals surface area contributed by atoms with Crippen LogP contribution in [0.4, 0.5) is 0 Å². The van der Waals surface area contributed by atoms with Crippen LogP contribution in [0.15, 0.2) is 24.3 Å². The van der Waals surface area contributed by atoms with Gasteiger partial charge in [-0.05, 0) is 43.4 Å². The van der Waals surface area contributed by atoms with E-state index in [0.29, 0.717) is 10.9 Å². The van der Waals surface area contributed by atoms with Crippen LogP contribution in [-0.4, -0.2) is 11.9 Å². The van der Waals surface area contributed by atoms with E-state index in [1.54, 1.807) is 0 Å². The number of rotatable bonds is 4. The van der Waals surface area contributed by atoms with E-state index in [1.807, 2.05) is 24.3 Å². The molecule has 2 rings (SSSR count). The maximum atomic E-state index is 12.4. The lowest BCUT2D eigenvalue weighted by Gasteiger charge is -2.22. The summed E-state index contributed by atoms with van der Waals surface area (Å²) in [5.41, 5.74) is 0.786. The number of carbonyl (C=O) groups is 1. The van der Waals surface area contributed by atoms with E-state index in [-0.39, 0.29) is 17.4 Å². The van der Waals surface area contributed by atoms with Gasteiger partial charge in [0.25, 0.3) is 0 Å². The second kappa shape index (κ2) is 4.93. The number of hydrogen-bond donors (Lipinski definition) is 1. The Kier molecular flexibility index (Phi) is 3.67. The lowest BCUT2D eigenvalue weighted by molar-refractivity contribution is -0.124. The van der Waals surface area contributed by atoms with Crippen LogP contribution in [0.5, 0.6) is 0 Å². The zero-order valence-electron chi connectivity index (χ0n) is 11.2. The lowest BCUT2D eigenvalue weighted by atomic mass is 9.94. The first-order valence-electron chi connectivity index (χ1n) is 6.53. The Hall–Kier alpha value is -1.02. The van der Waals surface area contributed by atoms with Crippen molar-refractivity contribution in [3.8, 4) is 0 Å². The molecule has 3 heteroatoms. The van der Waals surface area contributed by atoms with Gasteiger partial charge in [0.2, 0.25) is 5.91 Å². The standard InChI is InChI=1S/C15H20ClNO/c1-10(2)11(3)17-14(18)15(8-9-15)12-4-6-13(16)7-5-12/h4-7,10-11H,8-9H2,1-3H3,(H,17,18)/t11-/m1/s1. The van der Waals surface area contributed by atoms with Crippen molar-refractivity contribution in [1.29, 1.82) is 0 Å². The fraction of sp³-hybridized carbons (Fsp3) is 0.533. The summed E-state index contributed by atoms with van der Waals surface area (Å²) in [6, 6.07) is 7.86. The van der Waals surface area contributed by atoms with Gasteiger partial charge in [0.15, 0.2) is 0 Å². The number of nitrogens with one attached hydrogen (secondary N) is 1. The maximum Gasteiger partial charge on any atom is 0.230 e. The van der Waals surface area contributed by atoms with Crippen molar-refractivity contribution in [3.63, 3.8) is 0 Å². The second-order valence-electron chi connectivity index (χ2n) is 5.60. The topological polar surface area (TPSA) is 29.1 Å². The van der Waals surface area contributed by atoms with Gasteiger partial charge in [-0.15, -0.1) is 0 Å². The smallest absolute Gasteiger partial charge is 0.230 e. The molecule has 18 heavy (non-hydrogen) atoms. The highest BCUT2D eigenvalue weighted by molar-refractivity contribution is 6.30. The van der Waals surface area contributed by atoms with Crippen molar-refractivity contribution in [2.24, 2.45) is 5.92 Å². The average molecular weight is 266 g/mol. The normalized spacial score (nSPS) is 18.5. The van der Waals surface area contributed by atoms with Gasteiger partial charge >= 0.3 is 0 Å². The van der Waals surface area contributed by atoms with Crippen molar-refractivity contribution in [3.05, 3.63) is 34.9 Å². The summed E-state index contributed by atoms with van der Waals surface area (Å²) in [6.07, 6.45) is 1.87. The van der Waals surface area contributed by atoms with Crippen LogP contribution in [0.1, 0.15) is 39.2 Å². The summed E-state index contributed by atoms with van der Waals surface area (Å²) in [5, 5.41) is 3.84. The molecule has 2 nitrogen and oxygen atoms in total. The highest BCUT2D eigenvalue weighted by atomic mass is 35.5. The van der Waals surface area contributed by atoms with E-state index in [2.05, 4.69) is 26.1 Å². The third-order valence-electron chi connectivity index (χ3n) is 3.94. The second-order valence-corrected chi connectivity index (χ2v) is 6.03. The van der Waals surface area contributed by atoms with Crippen molar-refractivity contribution in [2.45, 2.75) is 45.1 Å². The Labute approximate surface area is 114 Å². The van der Waals surface area contributed by atoms with Crippen molar-refractivity contribution in [2.75, 3.05) is 0 Å². The van der Waals surface area contributed by atoms with Gasteiger partial charge in [0.05, 0.1) is 5.41 Å². The van der Waals surface area contributed by atoms with Crippen molar-refractivity contribution < 1.29 is 4.79 Å². The zero-order valence-corrected chi connectivity index (χ0v) is 11.9. The van der Waals surface area contributed by atoms with Gasteiger partial charge in [-0.1, -0.05) is 37.6 Å². The van der Waals surface area contributed by atoms with Crippen LogP contribution in [0.25, 0.3) is 0 Å². The van der Waals surface area contributed by atoms with Gasteiger partial charge in [0.1, 0.15) is 0 Å². The van der Waals surface area contributed by atoms with Crippen LogP contribution < -0.4 is 5.32 Å². The Bertz CT molecular complexity index is 434. The molecule has 0 aromatic heterocycles. The molecule has 1 saturated carbocycles. The fourth-order valence-corrected chi connectivity index (χ4v) is 2.18. The molecule has 1 aromatic rings. The molecule has 98 valence electrons. The fourth-order valence-electron chi connectivity index (χ4n) is 2.05. The number of hydrogen-bond acceptors (Lipinski definition) is 1. The third kappa shape index (κ3) is 2.54. The Morgan fingerprint density at radius 3 is 2.22 bits per heavy atom. The quantitative estimate of drug-likeness (QED) is 0.887. The summed E-state index contributed by atoms with van der Waals surface area (Å²) in [7, 11) is 0. The Morgan fingerprint density at radius 1 is 1.22 bits per heavy atom. The maximum absolute atomic E-state index is 12.4. The lowest BCUT2D eigenvalue weighted by Crippen LogP contribution is -2.42. The molecule has 0 radical (unpaired) electrons. The predicted octanol–water partition coefficient (Wildman–Crippen LogP) is 3.53. The molecule has 1 aliphatic rings. The molecule has 1 aliphatic carbocycles. The molecular weight excluding hydrogens is 246 g/mol. The average Bonchev–Trinajstić information content (AvgIpc) is 3.11.